The molecule has 0 unspecified atom stereocenters. The van der Waals surface area contributed by atoms with Crippen LogP contribution >= 0.6 is 37.0 Å². The van der Waals surface area contributed by atoms with Crippen LogP contribution in [-0.4, -0.2) is 168 Å². The fourth-order valence-electron chi connectivity index (χ4n) is 6.62. The lowest BCUT2D eigenvalue weighted by Crippen LogP contribution is -2.61. The van der Waals surface area contributed by atoms with Crippen molar-refractivity contribution < 1.29 is 48.3 Å². The number of aliphatic hydroxyl groups is 1. The Balaban J connectivity index is 3.94. The summed E-state index contributed by atoms with van der Waals surface area (Å²) in [6.07, 6.45) is 2.21. The minimum absolute atomic E-state index is 0.0370. The Hall–Kier alpha value is -5.22. The number of hydrogen-bond acceptors (Lipinski definition) is 15. The summed E-state index contributed by atoms with van der Waals surface area (Å²) in [6, 6.07) is -12.1. The highest BCUT2D eigenvalue weighted by Gasteiger charge is 2.35. The van der Waals surface area contributed by atoms with Crippen molar-refractivity contribution in [2.24, 2.45) is 44.8 Å². The number of aliphatic imine (C=N–C) groups is 2. The molecule has 9 amide bonds. The van der Waals surface area contributed by atoms with Crippen LogP contribution in [-0.2, 0) is 43.2 Å². The fraction of sp³-hybridized carbons (Fsp3) is 0.732. The maximum atomic E-state index is 14.2. The van der Waals surface area contributed by atoms with Gasteiger partial charge in [0.2, 0.25) is 53.2 Å². The zero-order chi connectivity index (χ0) is 52.4. The normalized spacial score (nSPS) is 25.6. The summed E-state index contributed by atoms with van der Waals surface area (Å²) in [5.41, 5.74) is 22.0. The first kappa shape index (κ1) is 61.8. The number of amides is 9. The molecule has 0 bridgehead atoms. The van der Waals surface area contributed by atoms with E-state index in [4.69, 9.17) is 22.9 Å². The molecule has 1 rings (SSSR count). The lowest BCUT2D eigenvalue weighted by Gasteiger charge is -2.29. The van der Waals surface area contributed by atoms with Crippen LogP contribution in [0.15, 0.2) is 9.98 Å². The molecule has 1 aliphatic rings. The Morgan fingerprint density at radius 3 is 1.16 bits per heavy atom. The molecule has 0 aliphatic carbocycles. The van der Waals surface area contributed by atoms with E-state index in [0.29, 0.717) is 5.75 Å². The van der Waals surface area contributed by atoms with E-state index in [2.05, 4.69) is 83.1 Å². The van der Waals surface area contributed by atoms with E-state index in [0.717, 1.165) is 0 Å². The third-order valence-corrected chi connectivity index (χ3v) is 11.7. The first-order valence-corrected chi connectivity index (χ1v) is 25.3. The average Bonchev–Trinajstić information content (AvgIpc) is 3.27. The minimum atomic E-state index is -1.65. The maximum absolute atomic E-state index is 14.2. The van der Waals surface area contributed by atoms with E-state index < -0.39 is 114 Å². The number of guanidine groups is 2. The Morgan fingerprint density at radius 2 is 0.812 bits per heavy atom. The molecule has 18 N–H and O–H groups in total. The highest BCUT2D eigenvalue weighted by Crippen LogP contribution is 2.12. The monoisotopic (exact) mass is 1030 g/mol. The summed E-state index contributed by atoms with van der Waals surface area (Å²) in [7, 11) is 0. The van der Waals surface area contributed by atoms with Gasteiger partial charge in [0.25, 0.3) is 0 Å². The van der Waals surface area contributed by atoms with Crippen LogP contribution in [0.25, 0.3) is 0 Å². The number of nitrogens with zero attached hydrogens (tertiary/aromatic N) is 2. The third-order valence-electron chi connectivity index (χ3n) is 10.3. The summed E-state index contributed by atoms with van der Waals surface area (Å²) in [4.78, 5) is 132. The second-order valence-electron chi connectivity index (χ2n) is 17.2. The Morgan fingerprint density at radius 1 is 0.507 bits per heavy atom. The van der Waals surface area contributed by atoms with Gasteiger partial charge in [0.1, 0.15) is 54.4 Å². The van der Waals surface area contributed by atoms with Crippen LogP contribution in [0.3, 0.4) is 0 Å². The van der Waals surface area contributed by atoms with E-state index in [-0.39, 0.29) is 93.3 Å². The summed E-state index contributed by atoms with van der Waals surface area (Å²) < 4.78 is 0. The van der Waals surface area contributed by atoms with E-state index >= 15 is 0 Å². The number of nitrogens with two attached hydrogens (primary N) is 4. The van der Waals surface area contributed by atoms with Crippen LogP contribution in [0.5, 0.6) is 0 Å². The van der Waals surface area contributed by atoms with Crippen molar-refractivity contribution in [1.82, 2.24) is 47.9 Å². The van der Waals surface area contributed by atoms with Crippen molar-refractivity contribution in [3.05, 3.63) is 0 Å². The van der Waals surface area contributed by atoms with Gasteiger partial charge in [0, 0.05) is 24.6 Å². The van der Waals surface area contributed by atoms with Crippen molar-refractivity contribution >= 4 is 102 Å². The fourth-order valence-corrected chi connectivity index (χ4v) is 7.61. The second kappa shape index (κ2) is 32.6. The van der Waals surface area contributed by atoms with Crippen molar-refractivity contribution in [3.8, 4) is 0 Å². The quantitative estimate of drug-likeness (QED) is 0.0265. The number of hydrogen-bond donors (Lipinski definition) is 16. The number of aliphatic hydroxyl groups excluding tert-OH is 1. The van der Waals surface area contributed by atoms with Crippen LogP contribution in [0.2, 0.25) is 0 Å². The van der Waals surface area contributed by atoms with Crippen LogP contribution in [0.4, 0.5) is 0 Å². The molecule has 9 atom stereocenters. The molecule has 0 radical (unpaired) electrons. The van der Waals surface area contributed by atoms with Gasteiger partial charge < -0.3 is 75.9 Å². The van der Waals surface area contributed by atoms with E-state index in [1.165, 1.54) is 18.7 Å². The van der Waals surface area contributed by atoms with E-state index in [1.54, 1.807) is 6.26 Å². The molecule has 28 heteroatoms. The van der Waals surface area contributed by atoms with Crippen molar-refractivity contribution in [1.29, 1.82) is 0 Å². The maximum Gasteiger partial charge on any atom is 0.245 e. The average molecular weight is 1030 g/mol. The largest absolute Gasteiger partial charge is 0.394 e. The molecule has 0 spiro atoms. The van der Waals surface area contributed by atoms with Crippen LogP contribution in [0, 0.1) is 11.8 Å². The predicted molar refractivity (Wildman–Crippen MR) is 270 cm³/mol. The third kappa shape index (κ3) is 23.8. The topological polar surface area (TPSA) is 411 Å². The number of carbonyl (C=O) groups is 9. The summed E-state index contributed by atoms with van der Waals surface area (Å²) in [5, 5.41) is 33.3. The van der Waals surface area contributed by atoms with Gasteiger partial charge >= 0.3 is 0 Å². The molecule has 0 aromatic carbocycles. The zero-order valence-electron chi connectivity index (χ0n) is 40.2. The van der Waals surface area contributed by atoms with Crippen LogP contribution < -0.4 is 70.8 Å². The molecule has 25 nitrogen and oxygen atoms in total. The van der Waals surface area contributed by atoms with Gasteiger partial charge in [-0.25, -0.2) is 0 Å². The van der Waals surface area contributed by atoms with E-state index in [9.17, 15) is 48.3 Å². The molecule has 69 heavy (non-hydrogen) atoms. The van der Waals surface area contributed by atoms with E-state index in [1.807, 2.05) is 27.7 Å². The highest BCUT2D eigenvalue weighted by molar-refractivity contribution is 7.98. The molecule has 1 fully saturated rings. The standard InChI is InChI=1S/C41H75N15O10S3/c1-20(2)15-26-35(62)50-23(9-7-12-46-40(42)43)32(59)51-25(11-14-69-6)34(61)49-24(10-8-13-47-41(44)45)33(60)54-28(17-57)37(64)48-22(5)31(58)55-29(18-67)39(66)56-30(19-68)38(65)53-27(16-21(3)4)36(63)52-26/h20-30,57,67-68H,7-19H2,1-6H3,(H,48,64)(H,49,61)(H,50,62)(H,51,59)(H,52,63)(H,53,65)(H,54,60)(H,55,58)(H,56,66)(H4,42,43,46)(H4,44,45,47)/t22-,23-,24-,25-,26-,27-,28-,29-,30-/m0/s1. The summed E-state index contributed by atoms with van der Waals surface area (Å²) >= 11 is 9.78. The lowest BCUT2D eigenvalue weighted by atomic mass is 9.99. The van der Waals surface area contributed by atoms with Gasteiger partial charge in [-0.05, 0) is 75.7 Å². The molecule has 0 aromatic rings. The molecule has 0 aromatic heterocycles. The van der Waals surface area contributed by atoms with Gasteiger partial charge in [-0.15, -0.1) is 0 Å². The highest BCUT2D eigenvalue weighted by atomic mass is 32.2. The number of rotatable bonds is 18. The van der Waals surface area contributed by atoms with Gasteiger partial charge in [-0.1, -0.05) is 27.7 Å². The van der Waals surface area contributed by atoms with Crippen LogP contribution in [0.1, 0.15) is 79.6 Å². The predicted octanol–water partition coefficient (Wildman–Crippen LogP) is -4.81. The van der Waals surface area contributed by atoms with Crippen molar-refractivity contribution in [2.75, 3.05) is 43.2 Å². The van der Waals surface area contributed by atoms with Crippen molar-refractivity contribution in [2.45, 2.75) is 134 Å². The van der Waals surface area contributed by atoms with Gasteiger partial charge in [0.05, 0.1) is 6.61 Å². The Bertz CT molecular complexity index is 1800. The summed E-state index contributed by atoms with van der Waals surface area (Å²) in [5.74, 6) is -8.51. The Labute approximate surface area is 418 Å². The SMILES string of the molecule is CSCC[C@@H]1NC(=O)[C@H](CCCN=C(N)N)NC(=O)[C@H](CC(C)C)NC(=O)[C@H](CC(C)C)NC(=O)[C@H](CS)NC(=O)[C@H](CS)NC(=O)[C@H](C)NC(=O)[C@H](CO)NC(=O)[C@H](CCCN=C(N)N)NC1=O. The molecular weight excluding hydrogens is 959 g/mol. The molecule has 392 valence electrons. The molecular formula is C41H75N15O10S3. The van der Waals surface area contributed by atoms with Gasteiger partial charge in [0.15, 0.2) is 11.9 Å². The molecule has 1 aliphatic heterocycles. The van der Waals surface area contributed by atoms with Gasteiger partial charge in [-0.2, -0.15) is 37.0 Å². The van der Waals surface area contributed by atoms with Crippen molar-refractivity contribution in [3.63, 3.8) is 0 Å². The minimum Gasteiger partial charge on any atom is -0.394 e. The molecule has 1 saturated heterocycles. The first-order valence-electron chi connectivity index (χ1n) is 22.6. The number of thiol groups is 2. The lowest BCUT2D eigenvalue weighted by molar-refractivity contribution is -0.136. The Kier molecular flexibility index (Phi) is 29.2. The smallest absolute Gasteiger partial charge is 0.245 e. The number of carbonyl (C=O) groups excluding carboxylic acids is 9. The summed E-state index contributed by atoms with van der Waals surface area (Å²) in [6.45, 7) is 7.67. The zero-order valence-corrected chi connectivity index (χ0v) is 42.8. The first-order chi connectivity index (χ1) is 32.5. The number of nitrogens with one attached hydrogen (secondary N) is 9. The second-order valence-corrected chi connectivity index (χ2v) is 18.9. The molecule has 0 saturated carbocycles. The molecule has 1 heterocycles. The number of thioether (sulfide) groups is 1. The van der Waals surface area contributed by atoms with Gasteiger partial charge in [-0.3, -0.25) is 53.1 Å².